The van der Waals surface area contributed by atoms with Gasteiger partial charge in [-0.1, -0.05) is 18.2 Å². The summed E-state index contributed by atoms with van der Waals surface area (Å²) in [5.41, 5.74) is 0.938. The number of sulfonamides is 1. The summed E-state index contributed by atoms with van der Waals surface area (Å²) in [6.07, 6.45) is 1.75. The van der Waals surface area contributed by atoms with Gasteiger partial charge < -0.3 is 4.74 Å². The molecule has 1 aromatic rings. The van der Waals surface area contributed by atoms with Crippen molar-refractivity contribution in [1.29, 1.82) is 5.26 Å². The zero-order chi connectivity index (χ0) is 15.3. The van der Waals surface area contributed by atoms with Crippen LogP contribution in [0.25, 0.3) is 0 Å². The number of hydrogen-bond donors (Lipinski definition) is 1. The predicted octanol–water partition coefficient (Wildman–Crippen LogP) is 1.79. The lowest BCUT2D eigenvalue weighted by molar-refractivity contribution is 0.0585. The summed E-state index contributed by atoms with van der Waals surface area (Å²) < 4.78 is 32.6. The molecule has 5 nitrogen and oxygen atoms in total. The summed E-state index contributed by atoms with van der Waals surface area (Å²) in [4.78, 5) is 0. The Morgan fingerprint density at radius 1 is 1.38 bits per heavy atom. The summed E-state index contributed by atoms with van der Waals surface area (Å²) >= 11 is 0. The molecule has 21 heavy (non-hydrogen) atoms. The van der Waals surface area contributed by atoms with Crippen molar-refractivity contribution in [2.24, 2.45) is 5.92 Å². The SMILES string of the molecule is CC(NS(=O)(=O)Cc1ccccc1C#N)C1CCOCC1. The molecule has 0 amide bonds. The Bertz CT molecular complexity index is 616. The Balaban J connectivity index is 2.03. The number of hydrogen-bond acceptors (Lipinski definition) is 4. The lowest BCUT2D eigenvalue weighted by atomic mass is 9.94. The van der Waals surface area contributed by atoms with Crippen LogP contribution in [-0.4, -0.2) is 27.7 Å². The largest absolute Gasteiger partial charge is 0.381 e. The second-order valence-electron chi connectivity index (χ2n) is 5.38. The molecule has 0 radical (unpaired) electrons. The molecule has 1 aromatic carbocycles. The van der Waals surface area contributed by atoms with Gasteiger partial charge in [0.25, 0.3) is 0 Å². The first kappa shape index (κ1) is 16.0. The minimum absolute atomic E-state index is 0.117. The average molecular weight is 308 g/mol. The molecule has 1 atom stereocenters. The number of rotatable bonds is 5. The topological polar surface area (TPSA) is 79.2 Å². The van der Waals surface area contributed by atoms with Crippen LogP contribution in [-0.2, 0) is 20.5 Å². The van der Waals surface area contributed by atoms with Crippen molar-refractivity contribution in [2.75, 3.05) is 13.2 Å². The van der Waals surface area contributed by atoms with Crippen LogP contribution < -0.4 is 4.72 Å². The number of nitrogens with one attached hydrogen (secondary N) is 1. The van der Waals surface area contributed by atoms with Gasteiger partial charge >= 0.3 is 0 Å². The minimum atomic E-state index is -3.46. The Morgan fingerprint density at radius 3 is 2.71 bits per heavy atom. The van der Waals surface area contributed by atoms with E-state index in [-0.39, 0.29) is 11.8 Å². The molecule has 1 aliphatic heterocycles. The van der Waals surface area contributed by atoms with Crippen LogP contribution in [0.1, 0.15) is 30.9 Å². The number of nitrogens with zero attached hydrogens (tertiary/aromatic N) is 1. The van der Waals surface area contributed by atoms with Gasteiger partial charge in [-0.2, -0.15) is 5.26 Å². The minimum Gasteiger partial charge on any atom is -0.381 e. The molecule has 1 N–H and O–H groups in total. The number of nitriles is 1. The van der Waals surface area contributed by atoms with Crippen molar-refractivity contribution in [3.63, 3.8) is 0 Å². The predicted molar refractivity (Wildman–Crippen MR) is 79.9 cm³/mol. The molecule has 0 saturated carbocycles. The van der Waals surface area contributed by atoms with Crippen LogP contribution in [0.15, 0.2) is 24.3 Å². The molecule has 6 heteroatoms. The molecule has 1 unspecified atom stereocenters. The quantitative estimate of drug-likeness (QED) is 0.899. The van der Waals surface area contributed by atoms with Gasteiger partial charge in [-0.25, -0.2) is 13.1 Å². The van der Waals surface area contributed by atoms with Crippen LogP contribution in [0, 0.1) is 17.2 Å². The Kier molecular flexibility index (Phi) is 5.34. The highest BCUT2D eigenvalue weighted by Crippen LogP contribution is 2.20. The van der Waals surface area contributed by atoms with Gasteiger partial charge in [-0.05, 0) is 37.3 Å². The lowest BCUT2D eigenvalue weighted by Gasteiger charge is -2.28. The van der Waals surface area contributed by atoms with Crippen molar-refractivity contribution in [1.82, 2.24) is 4.72 Å². The van der Waals surface area contributed by atoms with Crippen LogP contribution in [0.2, 0.25) is 0 Å². The van der Waals surface area contributed by atoms with E-state index in [0.29, 0.717) is 30.3 Å². The zero-order valence-corrected chi connectivity index (χ0v) is 12.9. The highest BCUT2D eigenvalue weighted by molar-refractivity contribution is 7.88. The standard InChI is InChI=1S/C15H20N2O3S/c1-12(13-6-8-20-9-7-13)17-21(18,19)11-15-5-3-2-4-14(15)10-16/h2-5,12-13,17H,6-9,11H2,1H3. The lowest BCUT2D eigenvalue weighted by Crippen LogP contribution is -2.40. The third-order valence-electron chi connectivity index (χ3n) is 3.82. The molecule has 0 spiro atoms. The van der Waals surface area contributed by atoms with Crippen molar-refractivity contribution in [3.05, 3.63) is 35.4 Å². The summed E-state index contributed by atoms with van der Waals surface area (Å²) in [5.74, 6) is 0.143. The Hall–Kier alpha value is -1.42. The second kappa shape index (κ2) is 7.03. The van der Waals surface area contributed by atoms with E-state index < -0.39 is 10.0 Å². The molecule has 1 saturated heterocycles. The number of benzene rings is 1. The molecule has 0 aromatic heterocycles. The van der Waals surface area contributed by atoms with E-state index in [1.807, 2.05) is 13.0 Å². The maximum atomic E-state index is 12.3. The van der Waals surface area contributed by atoms with Crippen molar-refractivity contribution in [3.8, 4) is 6.07 Å². The van der Waals surface area contributed by atoms with Gasteiger partial charge in [0.2, 0.25) is 10.0 Å². The van der Waals surface area contributed by atoms with E-state index in [0.717, 1.165) is 12.8 Å². The van der Waals surface area contributed by atoms with Gasteiger partial charge in [-0.3, -0.25) is 0 Å². The fourth-order valence-electron chi connectivity index (χ4n) is 2.60. The van der Waals surface area contributed by atoms with Gasteiger partial charge in [0, 0.05) is 19.3 Å². The van der Waals surface area contributed by atoms with E-state index in [2.05, 4.69) is 4.72 Å². The van der Waals surface area contributed by atoms with E-state index in [1.54, 1.807) is 24.3 Å². The van der Waals surface area contributed by atoms with E-state index >= 15 is 0 Å². The monoisotopic (exact) mass is 308 g/mol. The molecule has 1 aliphatic rings. The van der Waals surface area contributed by atoms with Gasteiger partial charge in [0.05, 0.1) is 17.4 Å². The second-order valence-corrected chi connectivity index (χ2v) is 7.14. The van der Waals surface area contributed by atoms with Crippen LogP contribution >= 0.6 is 0 Å². The summed E-state index contributed by atoms with van der Waals surface area (Å²) in [6.45, 7) is 3.27. The summed E-state index contributed by atoms with van der Waals surface area (Å²) in [6, 6.07) is 8.69. The molecule has 114 valence electrons. The normalized spacial score (nSPS) is 18.1. The molecule has 0 bridgehead atoms. The van der Waals surface area contributed by atoms with E-state index in [4.69, 9.17) is 10.00 Å². The molecule has 2 rings (SSSR count). The third-order valence-corrected chi connectivity index (χ3v) is 5.24. The molecule has 1 fully saturated rings. The van der Waals surface area contributed by atoms with E-state index in [9.17, 15) is 8.42 Å². The smallest absolute Gasteiger partial charge is 0.216 e. The fourth-order valence-corrected chi connectivity index (χ4v) is 4.10. The van der Waals surface area contributed by atoms with Gasteiger partial charge in [0.1, 0.15) is 0 Å². The summed E-state index contributed by atoms with van der Waals surface area (Å²) in [5, 5.41) is 9.02. The first-order chi connectivity index (χ1) is 10.0. The zero-order valence-electron chi connectivity index (χ0n) is 12.1. The Morgan fingerprint density at radius 2 is 2.05 bits per heavy atom. The maximum absolute atomic E-state index is 12.3. The number of ether oxygens (including phenoxy) is 1. The van der Waals surface area contributed by atoms with E-state index in [1.165, 1.54) is 0 Å². The molecular weight excluding hydrogens is 288 g/mol. The van der Waals surface area contributed by atoms with Crippen molar-refractivity contribution in [2.45, 2.75) is 31.6 Å². The van der Waals surface area contributed by atoms with Gasteiger partial charge in [0.15, 0.2) is 0 Å². The average Bonchev–Trinajstić information content (AvgIpc) is 2.47. The highest BCUT2D eigenvalue weighted by atomic mass is 32.2. The van der Waals surface area contributed by atoms with Crippen LogP contribution in [0.3, 0.4) is 0 Å². The molecule has 1 heterocycles. The fraction of sp³-hybridized carbons (Fsp3) is 0.533. The van der Waals surface area contributed by atoms with Crippen LogP contribution in [0.5, 0.6) is 0 Å². The van der Waals surface area contributed by atoms with Gasteiger partial charge in [-0.15, -0.1) is 0 Å². The first-order valence-electron chi connectivity index (χ1n) is 7.07. The van der Waals surface area contributed by atoms with Crippen molar-refractivity contribution >= 4 is 10.0 Å². The van der Waals surface area contributed by atoms with Crippen molar-refractivity contribution < 1.29 is 13.2 Å². The van der Waals surface area contributed by atoms with Crippen LogP contribution in [0.4, 0.5) is 0 Å². The molecule has 0 aliphatic carbocycles. The highest BCUT2D eigenvalue weighted by Gasteiger charge is 2.25. The summed E-state index contributed by atoms with van der Waals surface area (Å²) in [7, 11) is -3.46. The molecular formula is C15H20N2O3S. The first-order valence-corrected chi connectivity index (χ1v) is 8.73. The third kappa shape index (κ3) is 4.53. The Labute approximate surface area is 126 Å². The maximum Gasteiger partial charge on any atom is 0.216 e.